The third kappa shape index (κ3) is 4.57. The molecule has 4 nitrogen and oxygen atoms in total. The minimum atomic E-state index is -0.599. The van der Waals surface area contributed by atoms with Crippen molar-refractivity contribution in [3.05, 3.63) is 48.0 Å². The molecule has 128 valence electrons. The van der Waals surface area contributed by atoms with Crippen LogP contribution in [-0.2, 0) is 9.53 Å². The van der Waals surface area contributed by atoms with Crippen LogP contribution in [0.15, 0.2) is 42.5 Å². The number of nitrogens with one attached hydrogen (secondary N) is 1. The zero-order valence-electron chi connectivity index (χ0n) is 14.4. The van der Waals surface area contributed by atoms with E-state index in [-0.39, 0.29) is 11.9 Å². The van der Waals surface area contributed by atoms with Crippen LogP contribution >= 0.6 is 0 Å². The number of fused-ring (bicyclic) bond motifs is 1. The molecule has 0 aliphatic carbocycles. The quantitative estimate of drug-likeness (QED) is 0.587. The Morgan fingerprint density at radius 1 is 1.04 bits per heavy atom. The molecule has 2 aromatic rings. The lowest BCUT2D eigenvalue weighted by atomic mass is 10.0. The number of methoxy groups -OCH3 is 1. The lowest BCUT2D eigenvalue weighted by Crippen LogP contribution is -2.41. The molecule has 24 heavy (non-hydrogen) atoms. The van der Waals surface area contributed by atoms with Gasteiger partial charge in [0.2, 0.25) is 0 Å². The molecule has 0 saturated heterocycles. The topological polar surface area (TPSA) is 55.4 Å². The molecular weight excluding hydrogens is 302 g/mol. The van der Waals surface area contributed by atoms with Crippen LogP contribution in [-0.4, -0.2) is 25.0 Å². The Morgan fingerprint density at radius 2 is 1.79 bits per heavy atom. The minimum Gasteiger partial charge on any atom is -0.467 e. The Labute approximate surface area is 143 Å². The first kappa shape index (κ1) is 18.0. The van der Waals surface area contributed by atoms with E-state index in [0.29, 0.717) is 12.0 Å². The van der Waals surface area contributed by atoms with Crippen LogP contribution < -0.4 is 5.32 Å². The number of benzene rings is 2. The monoisotopic (exact) mass is 327 g/mol. The van der Waals surface area contributed by atoms with Crippen molar-refractivity contribution in [2.45, 2.75) is 45.1 Å². The first-order valence-electron chi connectivity index (χ1n) is 8.53. The summed E-state index contributed by atoms with van der Waals surface area (Å²) in [5, 5.41) is 4.72. The van der Waals surface area contributed by atoms with Gasteiger partial charge in [0.25, 0.3) is 5.91 Å². The maximum Gasteiger partial charge on any atom is 0.328 e. The minimum absolute atomic E-state index is 0.238. The summed E-state index contributed by atoms with van der Waals surface area (Å²) in [6.45, 7) is 2.14. The zero-order valence-corrected chi connectivity index (χ0v) is 14.4. The van der Waals surface area contributed by atoms with Crippen LogP contribution in [0, 0.1) is 0 Å². The van der Waals surface area contributed by atoms with Crippen molar-refractivity contribution in [3.8, 4) is 0 Å². The van der Waals surface area contributed by atoms with Gasteiger partial charge >= 0.3 is 5.97 Å². The highest BCUT2D eigenvalue weighted by Gasteiger charge is 2.22. The molecule has 4 heteroatoms. The van der Waals surface area contributed by atoms with E-state index in [1.807, 2.05) is 36.4 Å². The number of esters is 1. The standard InChI is InChI=1S/C20H25NO3/c1-3-4-5-6-14-18(20(23)24-2)21-19(22)17-13-9-11-15-10-7-8-12-16(15)17/h7-13,18H,3-6,14H2,1-2H3,(H,21,22)/t18-/m1/s1. The van der Waals surface area contributed by atoms with Gasteiger partial charge in [-0.2, -0.15) is 0 Å². The molecule has 0 aliphatic rings. The summed E-state index contributed by atoms with van der Waals surface area (Å²) >= 11 is 0. The van der Waals surface area contributed by atoms with Crippen LogP contribution in [0.25, 0.3) is 10.8 Å². The van der Waals surface area contributed by atoms with Gasteiger partial charge in [0.15, 0.2) is 0 Å². The highest BCUT2D eigenvalue weighted by molar-refractivity contribution is 6.07. The van der Waals surface area contributed by atoms with E-state index in [2.05, 4.69) is 12.2 Å². The van der Waals surface area contributed by atoms with Gasteiger partial charge in [0.1, 0.15) is 6.04 Å². The van der Waals surface area contributed by atoms with E-state index < -0.39 is 6.04 Å². The van der Waals surface area contributed by atoms with Gasteiger partial charge in [0.05, 0.1) is 7.11 Å². The van der Waals surface area contributed by atoms with Crippen molar-refractivity contribution in [2.24, 2.45) is 0 Å². The molecule has 0 spiro atoms. The number of hydrogen-bond acceptors (Lipinski definition) is 3. The highest BCUT2D eigenvalue weighted by Crippen LogP contribution is 2.19. The Balaban J connectivity index is 2.12. The number of ether oxygens (including phenoxy) is 1. The number of hydrogen-bond donors (Lipinski definition) is 1. The second-order valence-corrected chi connectivity index (χ2v) is 5.93. The predicted octanol–water partition coefficient (Wildman–Crippen LogP) is 4.08. The highest BCUT2D eigenvalue weighted by atomic mass is 16.5. The molecule has 2 rings (SSSR count). The Morgan fingerprint density at radius 3 is 2.54 bits per heavy atom. The molecule has 0 aliphatic heterocycles. The number of unbranched alkanes of at least 4 members (excludes halogenated alkanes) is 3. The maximum atomic E-state index is 12.7. The third-order valence-electron chi connectivity index (χ3n) is 4.17. The molecule has 2 aromatic carbocycles. The SMILES string of the molecule is CCCCCC[C@@H](NC(=O)c1cccc2ccccc12)C(=O)OC. The van der Waals surface area contributed by atoms with E-state index >= 15 is 0 Å². The molecule has 0 aromatic heterocycles. The average Bonchev–Trinajstić information content (AvgIpc) is 2.62. The Bertz CT molecular complexity index is 691. The zero-order chi connectivity index (χ0) is 17.4. The van der Waals surface area contributed by atoms with E-state index in [0.717, 1.165) is 36.5 Å². The largest absolute Gasteiger partial charge is 0.467 e. The molecule has 0 bridgehead atoms. The fraction of sp³-hybridized carbons (Fsp3) is 0.400. The molecule has 1 amide bonds. The van der Waals surface area contributed by atoms with Gasteiger partial charge in [0, 0.05) is 5.56 Å². The van der Waals surface area contributed by atoms with Crippen molar-refractivity contribution < 1.29 is 14.3 Å². The van der Waals surface area contributed by atoms with Crippen molar-refractivity contribution in [1.29, 1.82) is 0 Å². The van der Waals surface area contributed by atoms with Crippen LogP contribution in [0.4, 0.5) is 0 Å². The van der Waals surface area contributed by atoms with Crippen molar-refractivity contribution in [1.82, 2.24) is 5.32 Å². The second-order valence-electron chi connectivity index (χ2n) is 5.93. The van der Waals surface area contributed by atoms with Gasteiger partial charge in [-0.1, -0.05) is 69.0 Å². The average molecular weight is 327 g/mol. The van der Waals surface area contributed by atoms with Gasteiger partial charge in [-0.05, 0) is 23.3 Å². The van der Waals surface area contributed by atoms with Gasteiger partial charge in [-0.15, -0.1) is 0 Å². The summed E-state index contributed by atoms with van der Waals surface area (Å²) in [6.07, 6.45) is 4.80. The molecule has 0 fully saturated rings. The van der Waals surface area contributed by atoms with E-state index in [1.54, 1.807) is 6.07 Å². The van der Waals surface area contributed by atoms with Gasteiger partial charge < -0.3 is 10.1 Å². The van der Waals surface area contributed by atoms with Gasteiger partial charge in [-0.3, -0.25) is 4.79 Å². The smallest absolute Gasteiger partial charge is 0.328 e. The summed E-state index contributed by atoms with van der Waals surface area (Å²) in [5.41, 5.74) is 0.579. The Kier molecular flexibility index (Phi) is 6.79. The summed E-state index contributed by atoms with van der Waals surface area (Å²) in [5.74, 6) is -0.627. The molecule has 0 heterocycles. The van der Waals surface area contributed by atoms with Crippen LogP contribution in [0.1, 0.15) is 49.4 Å². The fourth-order valence-corrected chi connectivity index (χ4v) is 2.83. The van der Waals surface area contributed by atoms with E-state index in [4.69, 9.17) is 4.74 Å². The predicted molar refractivity (Wildman–Crippen MR) is 96.0 cm³/mol. The van der Waals surface area contributed by atoms with E-state index in [1.165, 1.54) is 7.11 Å². The lowest BCUT2D eigenvalue weighted by molar-refractivity contribution is -0.143. The molecular formula is C20H25NO3. The normalized spacial score (nSPS) is 11.9. The van der Waals surface area contributed by atoms with E-state index in [9.17, 15) is 9.59 Å². The number of rotatable bonds is 8. The second kappa shape index (κ2) is 9.06. The molecule has 1 atom stereocenters. The Hall–Kier alpha value is -2.36. The lowest BCUT2D eigenvalue weighted by Gasteiger charge is -2.17. The third-order valence-corrected chi connectivity index (χ3v) is 4.17. The summed E-state index contributed by atoms with van der Waals surface area (Å²) in [6, 6.07) is 12.7. The van der Waals surface area contributed by atoms with Crippen molar-refractivity contribution in [3.63, 3.8) is 0 Å². The van der Waals surface area contributed by atoms with Crippen molar-refractivity contribution in [2.75, 3.05) is 7.11 Å². The number of amides is 1. The van der Waals surface area contributed by atoms with Crippen LogP contribution in [0.5, 0.6) is 0 Å². The summed E-state index contributed by atoms with van der Waals surface area (Å²) in [4.78, 5) is 24.6. The first-order valence-corrected chi connectivity index (χ1v) is 8.53. The summed E-state index contributed by atoms with van der Waals surface area (Å²) in [7, 11) is 1.35. The van der Waals surface area contributed by atoms with Crippen LogP contribution in [0.2, 0.25) is 0 Å². The number of carbonyl (C=O) groups excluding carboxylic acids is 2. The number of carbonyl (C=O) groups is 2. The fourth-order valence-electron chi connectivity index (χ4n) is 2.83. The first-order chi connectivity index (χ1) is 11.7. The van der Waals surface area contributed by atoms with Gasteiger partial charge in [-0.25, -0.2) is 4.79 Å². The summed E-state index contributed by atoms with van der Waals surface area (Å²) < 4.78 is 4.84. The molecule has 0 saturated carbocycles. The molecule has 0 radical (unpaired) electrons. The maximum absolute atomic E-state index is 12.7. The molecule has 0 unspecified atom stereocenters. The molecule has 1 N–H and O–H groups in total. The van der Waals surface area contributed by atoms with Crippen LogP contribution in [0.3, 0.4) is 0 Å². The van der Waals surface area contributed by atoms with Crippen molar-refractivity contribution >= 4 is 22.6 Å².